The number of hydrogen-bond donors (Lipinski definition) is 2. The molecule has 92 valence electrons. The predicted molar refractivity (Wildman–Crippen MR) is 75.5 cm³/mol. The summed E-state index contributed by atoms with van der Waals surface area (Å²) in [6, 6.07) is 8.63. The van der Waals surface area contributed by atoms with Crippen LogP contribution in [0.5, 0.6) is 0 Å². The molecule has 1 aromatic carbocycles. The van der Waals surface area contributed by atoms with Gasteiger partial charge >= 0.3 is 0 Å². The summed E-state index contributed by atoms with van der Waals surface area (Å²) in [5.74, 6) is -0.179. The van der Waals surface area contributed by atoms with Gasteiger partial charge in [-0.1, -0.05) is 0 Å². The molecule has 3 N–H and O–H groups in total. The van der Waals surface area contributed by atoms with E-state index in [9.17, 15) is 4.79 Å². The monoisotopic (exact) mass is 305 g/mol. The van der Waals surface area contributed by atoms with Gasteiger partial charge in [0.2, 0.25) is 0 Å². The summed E-state index contributed by atoms with van der Waals surface area (Å²) < 4.78 is 0.709. The molecule has 5 heteroatoms. The molecule has 0 aliphatic heterocycles. The van der Waals surface area contributed by atoms with Crippen molar-refractivity contribution in [3.05, 3.63) is 52.3 Å². The number of hydrogen-bond acceptors (Lipinski definition) is 3. The van der Waals surface area contributed by atoms with Crippen LogP contribution in [-0.2, 0) is 0 Å². The molecular weight excluding hydrogens is 294 g/mol. The van der Waals surface area contributed by atoms with Gasteiger partial charge in [0.15, 0.2) is 0 Å². The second-order valence-electron chi connectivity index (χ2n) is 3.88. The van der Waals surface area contributed by atoms with E-state index in [4.69, 9.17) is 5.73 Å². The van der Waals surface area contributed by atoms with E-state index in [1.165, 1.54) is 0 Å². The number of pyridine rings is 1. The first-order valence-electron chi connectivity index (χ1n) is 5.35. The van der Waals surface area contributed by atoms with E-state index in [0.717, 1.165) is 11.4 Å². The Bertz CT molecular complexity index is 599. The van der Waals surface area contributed by atoms with Crippen LogP contribution in [0.1, 0.15) is 16.1 Å². The van der Waals surface area contributed by atoms with Gasteiger partial charge in [-0.05, 0) is 53.2 Å². The number of nitrogens with two attached hydrogens (primary N) is 1. The Morgan fingerprint density at radius 1 is 1.33 bits per heavy atom. The SMILES string of the molecule is Cc1cc(NC(=O)c2ccc(N)c(Br)c2)ccn1. The number of carbonyl (C=O) groups is 1. The summed E-state index contributed by atoms with van der Waals surface area (Å²) in [7, 11) is 0. The molecule has 0 aliphatic rings. The lowest BCUT2D eigenvalue weighted by Gasteiger charge is -2.07. The highest BCUT2D eigenvalue weighted by atomic mass is 79.9. The van der Waals surface area contributed by atoms with Crippen molar-refractivity contribution in [2.75, 3.05) is 11.1 Å². The highest BCUT2D eigenvalue weighted by molar-refractivity contribution is 9.10. The van der Waals surface area contributed by atoms with Crippen LogP contribution >= 0.6 is 15.9 Å². The van der Waals surface area contributed by atoms with Crippen molar-refractivity contribution in [1.29, 1.82) is 0 Å². The van der Waals surface area contributed by atoms with E-state index in [1.807, 2.05) is 13.0 Å². The smallest absolute Gasteiger partial charge is 0.255 e. The van der Waals surface area contributed by atoms with Gasteiger partial charge in [0.1, 0.15) is 0 Å². The normalized spacial score (nSPS) is 10.1. The van der Waals surface area contributed by atoms with Crippen LogP contribution in [0.2, 0.25) is 0 Å². The minimum atomic E-state index is -0.179. The molecule has 2 aromatic rings. The quantitative estimate of drug-likeness (QED) is 0.838. The fourth-order valence-electron chi connectivity index (χ4n) is 1.49. The summed E-state index contributed by atoms with van der Waals surface area (Å²) in [6.07, 6.45) is 1.66. The number of benzene rings is 1. The van der Waals surface area contributed by atoms with Crippen molar-refractivity contribution in [2.45, 2.75) is 6.92 Å². The van der Waals surface area contributed by atoms with E-state index in [1.54, 1.807) is 30.5 Å². The van der Waals surface area contributed by atoms with Crippen molar-refractivity contribution >= 4 is 33.2 Å². The minimum absolute atomic E-state index is 0.179. The molecule has 18 heavy (non-hydrogen) atoms. The van der Waals surface area contributed by atoms with Gasteiger partial charge in [-0.15, -0.1) is 0 Å². The van der Waals surface area contributed by atoms with Crippen molar-refractivity contribution in [2.24, 2.45) is 0 Å². The number of anilines is 2. The maximum absolute atomic E-state index is 12.0. The molecular formula is C13H12BrN3O. The summed E-state index contributed by atoms with van der Waals surface area (Å²) in [5, 5.41) is 2.81. The molecule has 0 atom stereocenters. The maximum atomic E-state index is 12.0. The highest BCUT2D eigenvalue weighted by Crippen LogP contribution is 2.21. The third-order valence-corrected chi connectivity index (χ3v) is 3.10. The van der Waals surface area contributed by atoms with Crippen LogP contribution in [0.15, 0.2) is 41.0 Å². The summed E-state index contributed by atoms with van der Waals surface area (Å²) in [6.45, 7) is 1.87. The number of nitrogens with one attached hydrogen (secondary N) is 1. The number of carbonyl (C=O) groups excluding carboxylic acids is 1. The van der Waals surface area contributed by atoms with Crippen molar-refractivity contribution in [3.8, 4) is 0 Å². The molecule has 0 aliphatic carbocycles. The topological polar surface area (TPSA) is 68.0 Å². The summed E-state index contributed by atoms with van der Waals surface area (Å²) in [5.41, 5.74) is 8.40. The van der Waals surface area contributed by atoms with Crippen molar-refractivity contribution in [1.82, 2.24) is 4.98 Å². The van der Waals surface area contributed by atoms with Crippen LogP contribution < -0.4 is 11.1 Å². The second-order valence-corrected chi connectivity index (χ2v) is 4.73. The number of halogens is 1. The molecule has 0 saturated heterocycles. The largest absolute Gasteiger partial charge is 0.398 e. The average Bonchev–Trinajstić information content (AvgIpc) is 2.32. The third-order valence-electron chi connectivity index (χ3n) is 2.42. The Labute approximate surface area is 113 Å². The van der Waals surface area contributed by atoms with Gasteiger partial charge < -0.3 is 11.1 Å². The predicted octanol–water partition coefficient (Wildman–Crippen LogP) is 2.99. The van der Waals surface area contributed by atoms with E-state index in [-0.39, 0.29) is 5.91 Å². The van der Waals surface area contributed by atoms with Crippen LogP contribution in [0.4, 0.5) is 11.4 Å². The number of aromatic nitrogens is 1. The van der Waals surface area contributed by atoms with Crippen LogP contribution in [-0.4, -0.2) is 10.9 Å². The zero-order valence-electron chi connectivity index (χ0n) is 9.77. The van der Waals surface area contributed by atoms with Gasteiger partial charge in [0.05, 0.1) is 0 Å². The van der Waals surface area contributed by atoms with Gasteiger partial charge in [-0.25, -0.2) is 0 Å². The van der Waals surface area contributed by atoms with Crippen molar-refractivity contribution < 1.29 is 4.79 Å². The molecule has 4 nitrogen and oxygen atoms in total. The van der Waals surface area contributed by atoms with Gasteiger partial charge in [0.25, 0.3) is 5.91 Å². The molecule has 0 saturated carbocycles. The van der Waals surface area contributed by atoms with Gasteiger partial charge in [-0.2, -0.15) is 0 Å². The Hall–Kier alpha value is -1.88. The number of aryl methyl sites for hydroxylation is 1. The molecule has 0 spiro atoms. The number of nitrogens with zero attached hydrogens (tertiary/aromatic N) is 1. The summed E-state index contributed by atoms with van der Waals surface area (Å²) in [4.78, 5) is 16.1. The van der Waals surface area contributed by atoms with E-state index >= 15 is 0 Å². The lowest BCUT2D eigenvalue weighted by molar-refractivity contribution is 0.102. The standard InChI is InChI=1S/C13H12BrN3O/c1-8-6-10(4-5-16-8)17-13(18)9-2-3-12(15)11(14)7-9/h2-7H,15H2,1H3,(H,16,17,18). The molecule has 0 radical (unpaired) electrons. The average molecular weight is 306 g/mol. The van der Waals surface area contributed by atoms with Crippen LogP contribution in [0, 0.1) is 6.92 Å². The molecule has 0 bridgehead atoms. The van der Waals surface area contributed by atoms with Gasteiger partial charge in [-0.3, -0.25) is 9.78 Å². The Morgan fingerprint density at radius 2 is 2.11 bits per heavy atom. The van der Waals surface area contributed by atoms with E-state index in [0.29, 0.717) is 15.7 Å². The van der Waals surface area contributed by atoms with E-state index < -0.39 is 0 Å². The molecule has 1 amide bonds. The zero-order valence-corrected chi connectivity index (χ0v) is 11.4. The molecule has 2 rings (SSSR count). The first-order valence-corrected chi connectivity index (χ1v) is 6.14. The number of amides is 1. The lowest BCUT2D eigenvalue weighted by atomic mass is 10.2. The summed E-state index contributed by atoms with van der Waals surface area (Å²) >= 11 is 3.30. The number of nitrogen functional groups attached to an aromatic ring is 1. The fourth-order valence-corrected chi connectivity index (χ4v) is 1.87. The third kappa shape index (κ3) is 2.87. The first-order chi connectivity index (χ1) is 8.56. The van der Waals surface area contributed by atoms with Crippen LogP contribution in [0.3, 0.4) is 0 Å². The highest BCUT2D eigenvalue weighted by Gasteiger charge is 2.07. The minimum Gasteiger partial charge on any atom is -0.398 e. The molecule has 1 heterocycles. The second kappa shape index (κ2) is 5.18. The lowest BCUT2D eigenvalue weighted by Crippen LogP contribution is -2.12. The molecule has 1 aromatic heterocycles. The molecule has 0 fully saturated rings. The first kappa shape index (κ1) is 12.6. The van der Waals surface area contributed by atoms with Gasteiger partial charge in [0, 0.05) is 33.3 Å². The van der Waals surface area contributed by atoms with Crippen molar-refractivity contribution in [3.63, 3.8) is 0 Å². The zero-order chi connectivity index (χ0) is 13.1. The maximum Gasteiger partial charge on any atom is 0.255 e. The fraction of sp³-hybridized carbons (Fsp3) is 0.0769. The Balaban J connectivity index is 2.19. The Morgan fingerprint density at radius 3 is 2.78 bits per heavy atom. The molecule has 0 unspecified atom stereocenters. The number of rotatable bonds is 2. The Kier molecular flexibility index (Phi) is 3.62. The van der Waals surface area contributed by atoms with Crippen LogP contribution in [0.25, 0.3) is 0 Å². The van der Waals surface area contributed by atoms with E-state index in [2.05, 4.69) is 26.2 Å².